The minimum Gasteiger partial charge on any atom is -0.344 e. The van der Waals surface area contributed by atoms with Crippen LogP contribution in [0.5, 0.6) is 0 Å². The van der Waals surface area contributed by atoms with Crippen LogP contribution in [0.25, 0.3) is 67.3 Å². The first-order chi connectivity index (χ1) is 29.7. The highest BCUT2D eigenvalue weighted by Crippen LogP contribution is 2.34. The Balaban J connectivity index is 1.04. The minimum atomic E-state index is -0.332. The van der Waals surface area contributed by atoms with E-state index in [4.69, 9.17) is 20.0 Å². The van der Waals surface area contributed by atoms with Crippen LogP contribution in [0.4, 0.5) is 0 Å². The molecule has 0 saturated carbocycles. The summed E-state index contributed by atoms with van der Waals surface area (Å²) in [5.41, 5.74) is 14.4. The lowest BCUT2D eigenvalue weighted by Crippen LogP contribution is -2.33. The Labute approximate surface area is 350 Å². The molecule has 8 aromatic carbocycles. The fourth-order valence-electron chi connectivity index (χ4n) is 7.65. The van der Waals surface area contributed by atoms with E-state index in [0.717, 1.165) is 84.0 Å². The molecule has 5 nitrogen and oxygen atoms in total. The largest absolute Gasteiger partial charge is 0.344 e. The number of nitrogens with one attached hydrogen (secondary N) is 1. The molecule has 5 heteroatoms. The van der Waals surface area contributed by atoms with E-state index in [1.165, 1.54) is 0 Å². The highest BCUT2D eigenvalue weighted by Gasteiger charge is 2.21. The molecule has 1 aliphatic heterocycles. The van der Waals surface area contributed by atoms with Gasteiger partial charge in [0.15, 0.2) is 11.7 Å². The number of amidine groups is 2. The van der Waals surface area contributed by atoms with Crippen LogP contribution in [-0.4, -0.2) is 21.6 Å². The summed E-state index contributed by atoms with van der Waals surface area (Å²) in [5.74, 6) is 2.16. The summed E-state index contributed by atoms with van der Waals surface area (Å²) < 4.78 is 0. The molecule has 284 valence electrons. The molecule has 1 aliphatic rings. The second-order valence-electron chi connectivity index (χ2n) is 14.8. The number of rotatable bonds is 9. The first kappa shape index (κ1) is 36.3. The Kier molecular flexibility index (Phi) is 9.96. The molecule has 0 fully saturated rings. The maximum atomic E-state index is 5.26. The molecule has 0 bridgehead atoms. The van der Waals surface area contributed by atoms with Crippen molar-refractivity contribution in [1.29, 1.82) is 0 Å². The van der Waals surface area contributed by atoms with Crippen molar-refractivity contribution in [3.63, 3.8) is 0 Å². The van der Waals surface area contributed by atoms with Crippen LogP contribution in [0.2, 0.25) is 0 Å². The molecule has 0 saturated heterocycles. The second kappa shape index (κ2) is 16.5. The first-order valence-electron chi connectivity index (χ1n) is 20.2. The van der Waals surface area contributed by atoms with Crippen LogP contribution >= 0.6 is 0 Å². The monoisotopic (exact) mass is 769 g/mol. The van der Waals surface area contributed by atoms with E-state index in [1.807, 2.05) is 48.5 Å². The van der Waals surface area contributed by atoms with Gasteiger partial charge in [0.25, 0.3) is 0 Å². The second-order valence-corrected chi connectivity index (χ2v) is 14.8. The molecule has 10 rings (SSSR count). The van der Waals surface area contributed by atoms with Crippen molar-refractivity contribution in [3.05, 3.63) is 241 Å². The molecule has 0 amide bonds. The SMILES string of the molecule is c1ccc(C2=NC(c3cccc(-c4cccc(-c5cc(-c6cccc(-c7ccccc7)c6)nc(-c6cccc(-c7ccccc7)c6)n5)c4)c3)NC(c3ccccc3)=N2)cc1. The third-order valence-electron chi connectivity index (χ3n) is 10.7. The van der Waals surface area contributed by atoms with Gasteiger partial charge in [-0.2, -0.15) is 0 Å². The molecule has 0 aliphatic carbocycles. The third-order valence-corrected chi connectivity index (χ3v) is 10.7. The number of benzene rings is 8. The van der Waals surface area contributed by atoms with Gasteiger partial charge in [0.05, 0.1) is 11.4 Å². The summed E-state index contributed by atoms with van der Waals surface area (Å²) in [4.78, 5) is 20.6. The van der Waals surface area contributed by atoms with Gasteiger partial charge in [-0.15, -0.1) is 0 Å². The fraction of sp³-hybridized carbons (Fsp3) is 0.0182. The van der Waals surface area contributed by atoms with E-state index in [-0.39, 0.29) is 6.17 Å². The highest BCUT2D eigenvalue weighted by atomic mass is 15.2. The summed E-state index contributed by atoms with van der Waals surface area (Å²) in [6.07, 6.45) is -0.332. The van der Waals surface area contributed by atoms with Gasteiger partial charge in [-0.25, -0.2) is 20.0 Å². The maximum Gasteiger partial charge on any atom is 0.160 e. The molecule has 1 aromatic heterocycles. The molecule has 9 aromatic rings. The van der Waals surface area contributed by atoms with E-state index in [2.05, 4.69) is 181 Å². The van der Waals surface area contributed by atoms with Crippen molar-refractivity contribution < 1.29 is 0 Å². The van der Waals surface area contributed by atoms with Crippen LogP contribution in [0.15, 0.2) is 234 Å². The zero-order valence-corrected chi connectivity index (χ0v) is 32.7. The van der Waals surface area contributed by atoms with Gasteiger partial charge in [0.2, 0.25) is 0 Å². The summed E-state index contributed by atoms with van der Waals surface area (Å²) in [7, 11) is 0. The van der Waals surface area contributed by atoms with Crippen molar-refractivity contribution in [1.82, 2.24) is 15.3 Å². The van der Waals surface area contributed by atoms with Gasteiger partial charge < -0.3 is 5.32 Å². The molecule has 0 spiro atoms. The quantitative estimate of drug-likeness (QED) is 0.159. The number of hydrogen-bond donors (Lipinski definition) is 1. The van der Waals surface area contributed by atoms with Crippen LogP contribution < -0.4 is 5.32 Å². The Bertz CT molecular complexity index is 2900. The summed E-state index contributed by atoms with van der Waals surface area (Å²) >= 11 is 0. The molecular formula is C55H39N5. The lowest BCUT2D eigenvalue weighted by atomic mass is 9.97. The van der Waals surface area contributed by atoms with Crippen molar-refractivity contribution >= 4 is 11.7 Å². The van der Waals surface area contributed by atoms with E-state index >= 15 is 0 Å². The lowest BCUT2D eigenvalue weighted by molar-refractivity contribution is 0.674. The lowest BCUT2D eigenvalue weighted by Gasteiger charge is -2.24. The van der Waals surface area contributed by atoms with Gasteiger partial charge in [0, 0.05) is 27.8 Å². The predicted molar refractivity (Wildman–Crippen MR) is 246 cm³/mol. The van der Waals surface area contributed by atoms with Crippen LogP contribution in [-0.2, 0) is 0 Å². The number of aromatic nitrogens is 2. The molecular weight excluding hydrogens is 731 g/mol. The summed E-state index contributed by atoms with van der Waals surface area (Å²) in [5, 5.41) is 3.62. The van der Waals surface area contributed by atoms with Gasteiger partial charge in [0.1, 0.15) is 12.0 Å². The molecule has 2 heterocycles. The first-order valence-corrected chi connectivity index (χ1v) is 20.2. The minimum absolute atomic E-state index is 0.332. The van der Waals surface area contributed by atoms with Crippen molar-refractivity contribution in [2.24, 2.45) is 9.98 Å². The Hall–Kier alpha value is -8.02. The standard InChI is InChI=1S/C55H39N5/c1-5-17-38(18-6-1)42-25-13-29-46(33-42)50-37-51(57-54(56-50)48-31-15-26-43(35-48)39-19-7-2-8-20-39)47-30-14-27-44(34-47)45-28-16-32-49(36-45)55-59-52(40-21-9-3-10-22-40)58-53(60-55)41-23-11-4-12-24-41/h1-37,55H,(H,58,59,60). The molecule has 60 heavy (non-hydrogen) atoms. The number of hydrogen-bond acceptors (Lipinski definition) is 5. The average molecular weight is 770 g/mol. The Morgan fingerprint density at radius 3 is 1.27 bits per heavy atom. The number of nitrogens with zero attached hydrogens (tertiary/aromatic N) is 4. The van der Waals surface area contributed by atoms with Crippen molar-refractivity contribution in [2.45, 2.75) is 6.17 Å². The maximum absolute atomic E-state index is 5.26. The Morgan fingerprint density at radius 2 is 0.717 bits per heavy atom. The van der Waals surface area contributed by atoms with Crippen molar-refractivity contribution in [2.75, 3.05) is 0 Å². The molecule has 1 atom stereocenters. The van der Waals surface area contributed by atoms with E-state index in [9.17, 15) is 0 Å². The number of aliphatic imine (C=N–C) groups is 2. The predicted octanol–water partition coefficient (Wildman–Crippen LogP) is 13.0. The molecule has 1 N–H and O–H groups in total. The van der Waals surface area contributed by atoms with Gasteiger partial charge in [-0.05, 0) is 69.3 Å². The zero-order chi connectivity index (χ0) is 40.1. The zero-order valence-electron chi connectivity index (χ0n) is 32.7. The smallest absolute Gasteiger partial charge is 0.160 e. The Morgan fingerprint density at radius 1 is 0.317 bits per heavy atom. The fourth-order valence-corrected chi connectivity index (χ4v) is 7.65. The van der Waals surface area contributed by atoms with Crippen LogP contribution in [0.1, 0.15) is 22.9 Å². The summed E-state index contributed by atoms with van der Waals surface area (Å²) in [6.45, 7) is 0. The van der Waals surface area contributed by atoms with Crippen LogP contribution in [0.3, 0.4) is 0 Å². The molecule has 0 radical (unpaired) electrons. The average Bonchev–Trinajstić information content (AvgIpc) is 3.35. The van der Waals surface area contributed by atoms with Gasteiger partial charge in [-0.1, -0.05) is 194 Å². The highest BCUT2D eigenvalue weighted by molar-refractivity contribution is 6.13. The van der Waals surface area contributed by atoms with E-state index in [1.54, 1.807) is 0 Å². The van der Waals surface area contributed by atoms with Crippen LogP contribution in [0, 0.1) is 0 Å². The van der Waals surface area contributed by atoms with Crippen molar-refractivity contribution in [3.8, 4) is 67.3 Å². The van der Waals surface area contributed by atoms with Gasteiger partial charge >= 0.3 is 0 Å². The van der Waals surface area contributed by atoms with E-state index in [0.29, 0.717) is 11.7 Å². The molecule has 1 unspecified atom stereocenters. The van der Waals surface area contributed by atoms with Gasteiger partial charge in [-0.3, -0.25) is 0 Å². The normalized spacial score (nSPS) is 13.5. The third kappa shape index (κ3) is 7.80. The summed E-state index contributed by atoms with van der Waals surface area (Å²) in [6, 6.07) is 77.7. The topological polar surface area (TPSA) is 62.5 Å². The van der Waals surface area contributed by atoms with E-state index < -0.39 is 0 Å².